The maximum Gasteiger partial charge on any atom is 0.240 e. The van der Waals surface area contributed by atoms with Gasteiger partial charge in [0.1, 0.15) is 0 Å². The summed E-state index contributed by atoms with van der Waals surface area (Å²) in [7, 11) is 0. The maximum atomic E-state index is 12.5. The lowest BCUT2D eigenvalue weighted by molar-refractivity contribution is -0.127. The minimum Gasteiger partial charge on any atom is -0.351 e. The molecule has 114 valence electrons. The van der Waals surface area contributed by atoms with Crippen LogP contribution in [0.3, 0.4) is 0 Å². The number of carbonyl (C=O) groups is 1. The van der Waals surface area contributed by atoms with Crippen molar-refractivity contribution in [2.75, 3.05) is 0 Å². The van der Waals surface area contributed by atoms with Gasteiger partial charge in [-0.25, -0.2) is 0 Å². The van der Waals surface area contributed by atoms with Gasteiger partial charge in [0.05, 0.1) is 5.54 Å². The van der Waals surface area contributed by atoms with Gasteiger partial charge in [-0.15, -0.1) is 12.4 Å². The van der Waals surface area contributed by atoms with E-state index in [0.29, 0.717) is 17.9 Å². The molecule has 1 aromatic carbocycles. The van der Waals surface area contributed by atoms with Crippen LogP contribution in [-0.2, 0) is 11.2 Å². The Labute approximate surface area is 132 Å². The van der Waals surface area contributed by atoms with Crippen molar-refractivity contribution in [2.24, 2.45) is 11.7 Å². The minimum atomic E-state index is -0.603. The third-order valence-electron chi connectivity index (χ3n) is 5.53. The van der Waals surface area contributed by atoms with Crippen LogP contribution in [0.4, 0.5) is 0 Å². The van der Waals surface area contributed by atoms with E-state index in [4.69, 9.17) is 5.73 Å². The highest BCUT2D eigenvalue weighted by Crippen LogP contribution is 2.56. The van der Waals surface area contributed by atoms with Crippen molar-refractivity contribution < 1.29 is 4.79 Å². The van der Waals surface area contributed by atoms with Crippen LogP contribution in [0.2, 0.25) is 0 Å². The third-order valence-corrected chi connectivity index (χ3v) is 5.53. The van der Waals surface area contributed by atoms with E-state index in [9.17, 15) is 4.79 Å². The Morgan fingerprint density at radius 1 is 1.19 bits per heavy atom. The fourth-order valence-electron chi connectivity index (χ4n) is 4.25. The molecule has 1 amide bonds. The Hall–Kier alpha value is -1.06. The van der Waals surface area contributed by atoms with Crippen molar-refractivity contribution in [3.63, 3.8) is 0 Å². The van der Waals surface area contributed by atoms with Gasteiger partial charge in [-0.2, -0.15) is 0 Å². The summed E-state index contributed by atoms with van der Waals surface area (Å²) in [6, 6.07) is 8.97. The molecular formula is C17H23ClN2O. The van der Waals surface area contributed by atoms with Gasteiger partial charge in [0.2, 0.25) is 5.91 Å². The molecular weight excluding hydrogens is 284 g/mol. The highest BCUT2D eigenvalue weighted by molar-refractivity contribution is 5.87. The Balaban J connectivity index is 0.00000132. The van der Waals surface area contributed by atoms with Crippen LogP contribution in [0, 0.1) is 5.92 Å². The van der Waals surface area contributed by atoms with Gasteiger partial charge in [0.25, 0.3) is 0 Å². The van der Waals surface area contributed by atoms with Gasteiger partial charge >= 0.3 is 0 Å². The summed E-state index contributed by atoms with van der Waals surface area (Å²) in [5, 5.41) is 3.24. The Morgan fingerprint density at radius 2 is 1.90 bits per heavy atom. The van der Waals surface area contributed by atoms with Crippen molar-refractivity contribution in [3.05, 3.63) is 35.4 Å². The number of fused-ring (bicyclic) bond motifs is 3. The molecule has 3 nitrogen and oxygen atoms in total. The van der Waals surface area contributed by atoms with E-state index in [0.717, 1.165) is 32.1 Å². The summed E-state index contributed by atoms with van der Waals surface area (Å²) in [6.45, 7) is 0. The molecule has 4 rings (SSSR count). The van der Waals surface area contributed by atoms with Crippen LogP contribution in [0.25, 0.3) is 0 Å². The van der Waals surface area contributed by atoms with Gasteiger partial charge in [0.15, 0.2) is 0 Å². The molecule has 0 saturated heterocycles. The predicted octanol–water partition coefficient (Wildman–Crippen LogP) is 2.52. The molecule has 3 unspecified atom stereocenters. The summed E-state index contributed by atoms with van der Waals surface area (Å²) >= 11 is 0. The number of hydrogen-bond acceptors (Lipinski definition) is 2. The Bertz CT molecular complexity index is 553. The van der Waals surface area contributed by atoms with Crippen LogP contribution in [0.1, 0.15) is 49.1 Å². The number of rotatable bonds is 2. The van der Waals surface area contributed by atoms with E-state index in [1.165, 1.54) is 17.5 Å². The third kappa shape index (κ3) is 2.36. The number of benzene rings is 1. The molecule has 0 spiro atoms. The van der Waals surface area contributed by atoms with Crippen molar-refractivity contribution in [1.29, 1.82) is 0 Å². The minimum absolute atomic E-state index is 0. The second-order valence-electron chi connectivity index (χ2n) is 6.81. The second-order valence-corrected chi connectivity index (χ2v) is 6.81. The normalized spacial score (nSPS) is 31.6. The molecule has 3 aliphatic carbocycles. The molecule has 2 fully saturated rings. The molecule has 2 saturated carbocycles. The van der Waals surface area contributed by atoms with Gasteiger partial charge in [0, 0.05) is 12.0 Å². The van der Waals surface area contributed by atoms with E-state index in [1.807, 2.05) is 0 Å². The van der Waals surface area contributed by atoms with Crippen molar-refractivity contribution in [1.82, 2.24) is 5.32 Å². The van der Waals surface area contributed by atoms with Crippen LogP contribution < -0.4 is 11.1 Å². The fourth-order valence-corrected chi connectivity index (χ4v) is 4.25. The number of nitrogens with two attached hydrogens (primary N) is 1. The summed E-state index contributed by atoms with van der Waals surface area (Å²) in [4.78, 5) is 12.5. The van der Waals surface area contributed by atoms with Crippen molar-refractivity contribution in [3.8, 4) is 0 Å². The predicted molar refractivity (Wildman–Crippen MR) is 85.6 cm³/mol. The largest absolute Gasteiger partial charge is 0.351 e. The van der Waals surface area contributed by atoms with Crippen LogP contribution in [0.15, 0.2) is 24.3 Å². The average molecular weight is 307 g/mol. The summed E-state index contributed by atoms with van der Waals surface area (Å²) < 4.78 is 0. The molecule has 3 atom stereocenters. The molecule has 21 heavy (non-hydrogen) atoms. The van der Waals surface area contributed by atoms with E-state index in [2.05, 4.69) is 29.6 Å². The molecule has 3 aliphatic rings. The van der Waals surface area contributed by atoms with Gasteiger partial charge in [-0.05, 0) is 36.3 Å². The summed E-state index contributed by atoms with van der Waals surface area (Å²) in [6.07, 6.45) is 6.20. The molecule has 1 aromatic rings. The first-order chi connectivity index (χ1) is 9.69. The molecule has 4 heteroatoms. The van der Waals surface area contributed by atoms with Gasteiger partial charge < -0.3 is 11.1 Å². The number of carbonyl (C=O) groups excluding carboxylic acids is 1. The Kier molecular flexibility index (Phi) is 3.74. The standard InChI is InChI=1S/C17H22N2O.ClH/c18-17(8-4-1-5-9-17)16(20)19-15-13-10-11-6-2-3-7-12(11)14(13)15;/h2-3,6-7,13-15H,1,4-5,8-10,18H2,(H,19,20);1H. The second kappa shape index (κ2) is 5.29. The first kappa shape index (κ1) is 14.9. The zero-order chi connectivity index (χ0) is 13.7. The summed E-state index contributed by atoms with van der Waals surface area (Å²) in [5.74, 6) is 1.25. The average Bonchev–Trinajstić information content (AvgIpc) is 2.97. The quantitative estimate of drug-likeness (QED) is 0.882. The highest BCUT2D eigenvalue weighted by atomic mass is 35.5. The zero-order valence-corrected chi connectivity index (χ0v) is 13.0. The lowest BCUT2D eigenvalue weighted by atomic mass is 9.82. The first-order valence-electron chi connectivity index (χ1n) is 7.87. The van der Waals surface area contributed by atoms with E-state index >= 15 is 0 Å². The molecule has 0 aromatic heterocycles. The number of amides is 1. The highest BCUT2D eigenvalue weighted by Gasteiger charge is 2.57. The smallest absolute Gasteiger partial charge is 0.240 e. The van der Waals surface area contributed by atoms with Crippen molar-refractivity contribution in [2.45, 2.75) is 56.0 Å². The molecule has 0 bridgehead atoms. The molecule has 3 N–H and O–H groups in total. The van der Waals surface area contributed by atoms with E-state index in [1.54, 1.807) is 0 Å². The number of nitrogens with one attached hydrogen (secondary N) is 1. The number of halogens is 1. The maximum absolute atomic E-state index is 12.5. The lowest BCUT2D eigenvalue weighted by Crippen LogP contribution is -2.55. The van der Waals surface area contributed by atoms with Crippen LogP contribution >= 0.6 is 12.4 Å². The SMILES string of the molecule is Cl.NC1(C(=O)NC2C3Cc4ccccc4C32)CCCCC1. The molecule has 0 heterocycles. The lowest BCUT2D eigenvalue weighted by Gasteiger charge is -2.32. The fraction of sp³-hybridized carbons (Fsp3) is 0.588. The van der Waals surface area contributed by atoms with Crippen LogP contribution in [-0.4, -0.2) is 17.5 Å². The number of hydrogen-bond donors (Lipinski definition) is 2. The first-order valence-corrected chi connectivity index (χ1v) is 7.87. The Morgan fingerprint density at radius 3 is 2.67 bits per heavy atom. The van der Waals surface area contributed by atoms with E-state index in [-0.39, 0.29) is 18.3 Å². The topological polar surface area (TPSA) is 55.1 Å². The van der Waals surface area contributed by atoms with Crippen molar-refractivity contribution >= 4 is 18.3 Å². The van der Waals surface area contributed by atoms with Crippen LogP contribution in [0.5, 0.6) is 0 Å². The van der Waals surface area contributed by atoms with Gasteiger partial charge in [-0.1, -0.05) is 43.5 Å². The summed E-state index contributed by atoms with van der Waals surface area (Å²) in [5.41, 5.74) is 8.62. The zero-order valence-electron chi connectivity index (χ0n) is 12.2. The van der Waals surface area contributed by atoms with E-state index < -0.39 is 5.54 Å². The molecule has 0 radical (unpaired) electrons. The van der Waals surface area contributed by atoms with Gasteiger partial charge in [-0.3, -0.25) is 4.79 Å². The molecule has 0 aliphatic heterocycles. The monoisotopic (exact) mass is 306 g/mol.